The number of carboxylic acids is 1. The Labute approximate surface area is 64.7 Å². The second-order valence-corrected chi connectivity index (χ2v) is 2.11. The molecule has 0 amide bonds. The molecule has 0 radical (unpaired) electrons. The smallest absolute Gasteiger partial charge is 0.352 e. The molecule has 0 aromatic heterocycles. The Hall–Kier alpha value is -1.51. The molecule has 11 heavy (non-hydrogen) atoms. The van der Waals surface area contributed by atoms with Gasteiger partial charge in [-0.05, 0) is 19.1 Å². The van der Waals surface area contributed by atoms with Crippen molar-refractivity contribution in [1.29, 1.82) is 0 Å². The van der Waals surface area contributed by atoms with E-state index < -0.39 is 5.97 Å². The quantitative estimate of drug-likeness (QED) is 0.588. The molecule has 3 heteroatoms. The van der Waals surface area contributed by atoms with E-state index in [1.165, 1.54) is 6.08 Å². The van der Waals surface area contributed by atoms with Crippen LogP contribution < -0.4 is 5.32 Å². The van der Waals surface area contributed by atoms with Crippen molar-refractivity contribution < 1.29 is 9.90 Å². The van der Waals surface area contributed by atoms with E-state index in [2.05, 4.69) is 5.32 Å². The van der Waals surface area contributed by atoms with Crippen molar-refractivity contribution in [1.82, 2.24) is 5.32 Å². The second kappa shape index (κ2) is 3.05. The van der Waals surface area contributed by atoms with E-state index in [-0.39, 0.29) is 5.70 Å². The molecular weight excluding hydrogens is 142 g/mol. The van der Waals surface area contributed by atoms with E-state index in [9.17, 15) is 4.79 Å². The van der Waals surface area contributed by atoms with E-state index in [1.807, 2.05) is 19.1 Å². The van der Waals surface area contributed by atoms with Crippen molar-refractivity contribution in [2.75, 3.05) is 0 Å². The summed E-state index contributed by atoms with van der Waals surface area (Å²) in [5.74, 6) is -0.936. The number of allylic oxidation sites excluding steroid dienone is 4. The summed E-state index contributed by atoms with van der Waals surface area (Å²) in [5.41, 5.74) is 1.02. The number of hydrogen-bond acceptors (Lipinski definition) is 2. The standard InChI is InChI=1S/C8H9NO2/c1-2-6-4-3-5-7(9-6)8(10)11/h2-5,9H,1H3,(H,10,11)/b6-2-. The van der Waals surface area contributed by atoms with Gasteiger partial charge >= 0.3 is 5.97 Å². The highest BCUT2D eigenvalue weighted by Crippen LogP contribution is 2.04. The van der Waals surface area contributed by atoms with Gasteiger partial charge in [-0.15, -0.1) is 0 Å². The van der Waals surface area contributed by atoms with Crippen molar-refractivity contribution >= 4 is 5.97 Å². The van der Waals surface area contributed by atoms with E-state index >= 15 is 0 Å². The molecule has 0 spiro atoms. The summed E-state index contributed by atoms with van der Waals surface area (Å²) in [4.78, 5) is 10.4. The summed E-state index contributed by atoms with van der Waals surface area (Å²) in [6, 6.07) is 0. The molecule has 3 nitrogen and oxygen atoms in total. The first kappa shape index (κ1) is 7.60. The van der Waals surface area contributed by atoms with Crippen molar-refractivity contribution in [3.63, 3.8) is 0 Å². The van der Waals surface area contributed by atoms with Crippen molar-refractivity contribution in [2.45, 2.75) is 6.92 Å². The Morgan fingerprint density at radius 2 is 2.45 bits per heavy atom. The molecule has 1 aliphatic rings. The average molecular weight is 151 g/mol. The zero-order valence-electron chi connectivity index (χ0n) is 6.16. The molecular formula is C8H9NO2. The predicted octanol–water partition coefficient (Wildman–Crippen LogP) is 1.02. The highest BCUT2D eigenvalue weighted by Gasteiger charge is 2.08. The van der Waals surface area contributed by atoms with Crippen LogP contribution in [0.3, 0.4) is 0 Å². The fraction of sp³-hybridized carbons (Fsp3) is 0.125. The highest BCUT2D eigenvalue weighted by atomic mass is 16.4. The maximum Gasteiger partial charge on any atom is 0.352 e. The van der Waals surface area contributed by atoms with E-state index in [4.69, 9.17) is 5.11 Å². The number of nitrogens with one attached hydrogen (secondary N) is 1. The first-order valence-corrected chi connectivity index (χ1v) is 3.29. The fourth-order valence-electron chi connectivity index (χ4n) is 0.780. The van der Waals surface area contributed by atoms with E-state index in [0.717, 1.165) is 5.70 Å². The summed E-state index contributed by atoms with van der Waals surface area (Å²) < 4.78 is 0. The number of carboxylic acid groups (broad SMARTS) is 1. The maximum absolute atomic E-state index is 10.4. The monoisotopic (exact) mass is 151 g/mol. The normalized spacial score (nSPS) is 19.4. The van der Waals surface area contributed by atoms with Gasteiger partial charge in [0.1, 0.15) is 5.70 Å². The highest BCUT2D eigenvalue weighted by molar-refractivity contribution is 5.87. The van der Waals surface area contributed by atoms with Crippen molar-refractivity contribution in [2.24, 2.45) is 0 Å². The number of hydrogen-bond donors (Lipinski definition) is 2. The van der Waals surface area contributed by atoms with Crippen LogP contribution in [-0.2, 0) is 4.79 Å². The molecule has 0 aromatic rings. The second-order valence-electron chi connectivity index (χ2n) is 2.11. The minimum absolute atomic E-state index is 0.209. The lowest BCUT2D eigenvalue weighted by Gasteiger charge is -2.09. The first-order chi connectivity index (χ1) is 5.24. The summed E-state index contributed by atoms with van der Waals surface area (Å²) in [7, 11) is 0. The summed E-state index contributed by atoms with van der Waals surface area (Å²) in [6.45, 7) is 1.84. The summed E-state index contributed by atoms with van der Waals surface area (Å²) in [5, 5.41) is 11.3. The van der Waals surface area contributed by atoms with Gasteiger partial charge in [0, 0.05) is 5.70 Å². The fourth-order valence-corrected chi connectivity index (χ4v) is 0.780. The van der Waals surface area contributed by atoms with Gasteiger partial charge in [0.25, 0.3) is 0 Å². The number of dihydropyridines is 1. The molecule has 1 rings (SSSR count). The van der Waals surface area contributed by atoms with Gasteiger partial charge in [0.15, 0.2) is 0 Å². The molecule has 0 aliphatic carbocycles. The van der Waals surface area contributed by atoms with Gasteiger partial charge in [-0.25, -0.2) is 4.79 Å². The zero-order chi connectivity index (χ0) is 8.27. The average Bonchev–Trinajstić information content (AvgIpc) is 2.05. The predicted molar refractivity (Wildman–Crippen MR) is 41.8 cm³/mol. The Morgan fingerprint density at radius 3 is 3.00 bits per heavy atom. The van der Waals surface area contributed by atoms with Crippen molar-refractivity contribution in [3.05, 3.63) is 35.7 Å². The lowest BCUT2D eigenvalue weighted by Crippen LogP contribution is -2.20. The molecule has 0 aromatic carbocycles. The number of rotatable bonds is 1. The maximum atomic E-state index is 10.4. The molecule has 1 aliphatic heterocycles. The van der Waals surface area contributed by atoms with Crippen LogP contribution in [-0.4, -0.2) is 11.1 Å². The molecule has 0 saturated carbocycles. The van der Waals surface area contributed by atoms with Crippen LogP contribution in [0.4, 0.5) is 0 Å². The molecule has 2 N–H and O–H groups in total. The number of carbonyl (C=O) groups is 1. The molecule has 0 saturated heterocycles. The third-order valence-electron chi connectivity index (χ3n) is 1.36. The summed E-state index contributed by atoms with van der Waals surface area (Å²) >= 11 is 0. The van der Waals surface area contributed by atoms with Crippen LogP contribution in [0.2, 0.25) is 0 Å². The zero-order valence-corrected chi connectivity index (χ0v) is 6.16. The number of aliphatic carboxylic acids is 1. The lowest BCUT2D eigenvalue weighted by molar-refractivity contribution is -0.133. The Kier molecular flexibility index (Phi) is 2.11. The Bertz CT molecular complexity index is 261. The van der Waals surface area contributed by atoms with Crippen LogP contribution in [0.15, 0.2) is 35.7 Å². The van der Waals surface area contributed by atoms with E-state index in [1.54, 1.807) is 6.08 Å². The Balaban J connectivity index is 2.81. The molecule has 0 fully saturated rings. The Morgan fingerprint density at radius 1 is 1.73 bits per heavy atom. The molecule has 58 valence electrons. The van der Waals surface area contributed by atoms with Gasteiger partial charge in [-0.1, -0.05) is 12.2 Å². The topological polar surface area (TPSA) is 49.3 Å². The summed E-state index contributed by atoms with van der Waals surface area (Å²) in [6.07, 6.45) is 6.85. The van der Waals surface area contributed by atoms with Gasteiger partial charge < -0.3 is 10.4 Å². The van der Waals surface area contributed by atoms with Crippen molar-refractivity contribution in [3.8, 4) is 0 Å². The van der Waals surface area contributed by atoms with Crippen LogP contribution >= 0.6 is 0 Å². The third-order valence-corrected chi connectivity index (χ3v) is 1.36. The minimum atomic E-state index is -0.936. The molecule has 0 bridgehead atoms. The van der Waals surface area contributed by atoms with Crippen LogP contribution in [0, 0.1) is 0 Å². The molecule has 0 atom stereocenters. The van der Waals surface area contributed by atoms with Gasteiger partial charge in [0.05, 0.1) is 0 Å². The van der Waals surface area contributed by atoms with E-state index in [0.29, 0.717) is 0 Å². The van der Waals surface area contributed by atoms with Crippen LogP contribution in [0.5, 0.6) is 0 Å². The first-order valence-electron chi connectivity index (χ1n) is 3.29. The van der Waals surface area contributed by atoms with Gasteiger partial charge in [-0.2, -0.15) is 0 Å². The lowest BCUT2D eigenvalue weighted by atomic mass is 10.2. The van der Waals surface area contributed by atoms with Gasteiger partial charge in [-0.3, -0.25) is 0 Å². The third kappa shape index (κ3) is 1.70. The van der Waals surface area contributed by atoms with Crippen LogP contribution in [0.1, 0.15) is 6.92 Å². The minimum Gasteiger partial charge on any atom is -0.477 e. The SMILES string of the molecule is C/C=C1/C=CC=C(C(=O)O)N1. The van der Waals surface area contributed by atoms with Crippen LogP contribution in [0.25, 0.3) is 0 Å². The molecule has 0 unspecified atom stereocenters. The molecule has 1 heterocycles. The largest absolute Gasteiger partial charge is 0.477 e. The van der Waals surface area contributed by atoms with Gasteiger partial charge in [0.2, 0.25) is 0 Å².